The number of hydrogen-bond donors (Lipinski definition) is 0. The van der Waals surface area contributed by atoms with E-state index in [1.165, 1.54) is 11.4 Å². The Kier molecular flexibility index (Phi) is 4.54. The van der Waals surface area contributed by atoms with E-state index in [1.807, 2.05) is 0 Å². The van der Waals surface area contributed by atoms with Crippen LogP contribution in [-0.4, -0.2) is 31.5 Å². The number of alkyl halides is 3. The van der Waals surface area contributed by atoms with Gasteiger partial charge in [-0.05, 0) is 53.1 Å². The lowest BCUT2D eigenvalue weighted by Gasteiger charge is -2.28. The van der Waals surface area contributed by atoms with Crippen molar-refractivity contribution in [3.63, 3.8) is 0 Å². The van der Waals surface area contributed by atoms with Gasteiger partial charge in [0.25, 0.3) is 10.0 Å². The van der Waals surface area contributed by atoms with Gasteiger partial charge in [0.1, 0.15) is 10.8 Å². The summed E-state index contributed by atoms with van der Waals surface area (Å²) in [6.45, 7) is 0.0970. The molecule has 0 N–H and O–H groups in total. The molecule has 1 heterocycles. The maximum Gasteiger partial charge on any atom is 0.402 e. The lowest BCUT2D eigenvalue weighted by atomic mass is 10.2. The van der Waals surface area contributed by atoms with Gasteiger partial charge in [-0.25, -0.2) is 8.42 Å². The standard InChI is InChI=1S/C11H13BrF3NO2S2/c1-7(8-2-3-8)16(6-11(13,14)15)20(17,18)10-9(12)4-5-19-10/h4-5,7-8H,2-3,6H2,1H3. The van der Waals surface area contributed by atoms with E-state index in [0.717, 1.165) is 24.2 Å². The third-order valence-electron chi connectivity index (χ3n) is 3.22. The van der Waals surface area contributed by atoms with Crippen molar-refractivity contribution in [3.05, 3.63) is 15.9 Å². The van der Waals surface area contributed by atoms with Gasteiger partial charge in [-0.1, -0.05) is 0 Å². The van der Waals surface area contributed by atoms with Crippen molar-refractivity contribution in [2.24, 2.45) is 5.92 Å². The van der Waals surface area contributed by atoms with Crippen LogP contribution in [-0.2, 0) is 10.0 Å². The van der Waals surface area contributed by atoms with Gasteiger partial charge in [0, 0.05) is 10.5 Å². The Morgan fingerprint density at radius 2 is 2.10 bits per heavy atom. The van der Waals surface area contributed by atoms with Gasteiger partial charge in [0.2, 0.25) is 0 Å². The Morgan fingerprint density at radius 3 is 2.50 bits per heavy atom. The van der Waals surface area contributed by atoms with Crippen LogP contribution in [0.4, 0.5) is 13.2 Å². The molecule has 1 atom stereocenters. The van der Waals surface area contributed by atoms with E-state index in [2.05, 4.69) is 15.9 Å². The summed E-state index contributed by atoms with van der Waals surface area (Å²) >= 11 is 3.99. The predicted octanol–water partition coefficient (Wildman–Crippen LogP) is 3.86. The first-order valence-corrected chi connectivity index (χ1v) is 9.06. The number of thiophene rings is 1. The normalized spacial score (nSPS) is 18.5. The van der Waals surface area contributed by atoms with Crippen molar-refractivity contribution in [2.75, 3.05) is 6.54 Å². The molecule has 1 aromatic heterocycles. The fraction of sp³-hybridized carbons (Fsp3) is 0.636. The van der Waals surface area contributed by atoms with Crippen LogP contribution in [0.3, 0.4) is 0 Å². The summed E-state index contributed by atoms with van der Waals surface area (Å²) in [5.74, 6) is 0.0193. The van der Waals surface area contributed by atoms with Crippen molar-refractivity contribution in [2.45, 2.75) is 36.2 Å². The zero-order valence-electron chi connectivity index (χ0n) is 10.5. The molecule has 0 bridgehead atoms. The van der Waals surface area contributed by atoms with Gasteiger partial charge >= 0.3 is 6.18 Å². The van der Waals surface area contributed by atoms with E-state index >= 15 is 0 Å². The maximum absolute atomic E-state index is 12.7. The average Bonchev–Trinajstić information content (AvgIpc) is 3.06. The van der Waals surface area contributed by atoms with E-state index in [1.54, 1.807) is 6.92 Å². The average molecular weight is 392 g/mol. The van der Waals surface area contributed by atoms with Gasteiger partial charge in [0.05, 0.1) is 0 Å². The zero-order valence-corrected chi connectivity index (χ0v) is 13.7. The number of nitrogens with zero attached hydrogens (tertiary/aromatic N) is 1. The van der Waals surface area contributed by atoms with Crippen LogP contribution in [0, 0.1) is 5.92 Å². The number of halogens is 4. The molecule has 114 valence electrons. The zero-order chi connectivity index (χ0) is 15.1. The molecule has 9 heteroatoms. The molecule has 1 aliphatic carbocycles. The molecule has 3 nitrogen and oxygen atoms in total. The second kappa shape index (κ2) is 5.58. The lowest BCUT2D eigenvalue weighted by molar-refractivity contribution is -0.139. The fourth-order valence-electron chi connectivity index (χ4n) is 2.01. The summed E-state index contributed by atoms with van der Waals surface area (Å²) in [6.07, 6.45) is -3.01. The number of hydrogen-bond acceptors (Lipinski definition) is 3. The summed E-state index contributed by atoms with van der Waals surface area (Å²) in [6, 6.07) is 0.876. The molecular formula is C11H13BrF3NO2S2. The van der Waals surface area contributed by atoms with Crippen LogP contribution < -0.4 is 0 Å². The highest BCUT2D eigenvalue weighted by Crippen LogP contribution is 2.40. The van der Waals surface area contributed by atoms with Gasteiger partial charge in [-0.3, -0.25) is 0 Å². The van der Waals surface area contributed by atoms with E-state index in [-0.39, 0.29) is 10.1 Å². The van der Waals surface area contributed by atoms with E-state index in [9.17, 15) is 21.6 Å². The van der Waals surface area contributed by atoms with Crippen molar-refractivity contribution in [3.8, 4) is 0 Å². The van der Waals surface area contributed by atoms with Gasteiger partial charge in [0.15, 0.2) is 0 Å². The summed E-state index contributed by atoms with van der Waals surface area (Å²) in [5, 5.41) is 1.53. The summed E-state index contributed by atoms with van der Waals surface area (Å²) < 4.78 is 63.9. The third-order valence-corrected chi connectivity index (χ3v) is 7.80. The van der Waals surface area contributed by atoms with E-state index < -0.39 is 28.8 Å². The topological polar surface area (TPSA) is 37.4 Å². The van der Waals surface area contributed by atoms with Gasteiger partial charge < -0.3 is 0 Å². The number of sulfonamides is 1. The van der Waals surface area contributed by atoms with Crippen molar-refractivity contribution in [1.82, 2.24) is 4.31 Å². The molecule has 0 radical (unpaired) electrons. The van der Waals surface area contributed by atoms with Crippen molar-refractivity contribution >= 4 is 37.3 Å². The summed E-state index contributed by atoms with van der Waals surface area (Å²) in [7, 11) is -4.14. The Bertz CT molecular complexity index is 581. The van der Waals surface area contributed by atoms with Crippen LogP contribution in [0.2, 0.25) is 0 Å². The SMILES string of the molecule is CC(C1CC1)N(CC(F)(F)F)S(=O)(=O)c1sccc1Br. The van der Waals surface area contributed by atoms with Gasteiger partial charge in [-0.15, -0.1) is 11.3 Å². The molecular weight excluding hydrogens is 379 g/mol. The minimum absolute atomic E-state index is 0.0193. The largest absolute Gasteiger partial charge is 0.402 e. The Hall–Kier alpha value is -0.120. The molecule has 1 saturated carbocycles. The maximum atomic E-state index is 12.7. The molecule has 1 unspecified atom stereocenters. The van der Waals surface area contributed by atoms with Gasteiger partial charge in [-0.2, -0.15) is 17.5 Å². The smallest absolute Gasteiger partial charge is 0.206 e. The number of rotatable bonds is 5. The van der Waals surface area contributed by atoms with E-state index in [0.29, 0.717) is 8.78 Å². The quantitative estimate of drug-likeness (QED) is 0.763. The highest BCUT2D eigenvalue weighted by atomic mass is 79.9. The summed E-state index contributed by atoms with van der Waals surface area (Å²) in [4.78, 5) is 0. The molecule has 0 saturated heterocycles. The summed E-state index contributed by atoms with van der Waals surface area (Å²) in [5.41, 5.74) is 0. The molecule has 1 aromatic rings. The molecule has 0 aliphatic heterocycles. The molecule has 1 fully saturated rings. The van der Waals surface area contributed by atoms with E-state index in [4.69, 9.17) is 0 Å². The van der Waals surface area contributed by atoms with Crippen LogP contribution in [0.5, 0.6) is 0 Å². The van der Waals surface area contributed by atoms with Crippen molar-refractivity contribution in [1.29, 1.82) is 0 Å². The van der Waals surface area contributed by atoms with Crippen LogP contribution >= 0.6 is 27.3 Å². The molecule has 0 amide bonds. The second-order valence-electron chi connectivity index (χ2n) is 4.80. The predicted molar refractivity (Wildman–Crippen MR) is 74.2 cm³/mol. The minimum atomic E-state index is -4.56. The van der Waals surface area contributed by atoms with Crippen LogP contribution in [0.25, 0.3) is 0 Å². The minimum Gasteiger partial charge on any atom is -0.206 e. The first-order chi connectivity index (χ1) is 9.13. The Morgan fingerprint density at radius 1 is 1.50 bits per heavy atom. The molecule has 2 rings (SSSR count). The monoisotopic (exact) mass is 391 g/mol. The molecule has 0 aromatic carbocycles. The Balaban J connectivity index is 2.37. The first-order valence-electron chi connectivity index (χ1n) is 5.94. The van der Waals surface area contributed by atoms with Crippen LogP contribution in [0.15, 0.2) is 20.1 Å². The lowest BCUT2D eigenvalue weighted by Crippen LogP contribution is -2.45. The fourth-order valence-corrected chi connectivity index (χ4v) is 6.11. The highest BCUT2D eigenvalue weighted by Gasteiger charge is 2.44. The van der Waals surface area contributed by atoms with Crippen LogP contribution in [0.1, 0.15) is 19.8 Å². The molecule has 1 aliphatic rings. The Labute approximate surface area is 128 Å². The molecule has 0 spiro atoms. The van der Waals surface area contributed by atoms with Crippen molar-refractivity contribution < 1.29 is 21.6 Å². The second-order valence-corrected chi connectivity index (χ2v) is 8.66. The first kappa shape index (κ1) is 16.3. The third kappa shape index (κ3) is 3.55. The highest BCUT2D eigenvalue weighted by molar-refractivity contribution is 9.10. The molecule has 20 heavy (non-hydrogen) atoms.